The molecule has 0 aliphatic rings. The van der Waals surface area contributed by atoms with E-state index in [1.54, 1.807) is 19.1 Å². The molecule has 0 saturated heterocycles. The van der Waals surface area contributed by atoms with Crippen LogP contribution in [0.15, 0.2) is 16.3 Å². The number of hydrogen-bond acceptors (Lipinski definition) is 4. The molecule has 1 heterocycles. The van der Waals surface area contributed by atoms with Crippen molar-refractivity contribution in [2.45, 2.75) is 17.7 Å². The van der Waals surface area contributed by atoms with Crippen LogP contribution in [-0.4, -0.2) is 14.2 Å². The SMILES string of the molecule is CCS(=O)(=O)c1ccc(CN)s1.Cl. The monoisotopic (exact) mass is 241 g/mol. The molecule has 2 N–H and O–H groups in total. The van der Waals surface area contributed by atoms with Crippen LogP contribution in [0.1, 0.15) is 11.8 Å². The smallest absolute Gasteiger partial charge is 0.187 e. The molecule has 76 valence electrons. The number of rotatable bonds is 3. The summed E-state index contributed by atoms with van der Waals surface area (Å²) in [6.07, 6.45) is 0. The van der Waals surface area contributed by atoms with Crippen LogP contribution >= 0.6 is 23.7 Å². The fraction of sp³-hybridized carbons (Fsp3) is 0.429. The van der Waals surface area contributed by atoms with Crippen molar-refractivity contribution in [3.8, 4) is 0 Å². The Morgan fingerprint density at radius 1 is 1.46 bits per heavy atom. The van der Waals surface area contributed by atoms with Gasteiger partial charge in [0, 0.05) is 11.4 Å². The molecule has 0 bridgehead atoms. The maximum absolute atomic E-state index is 11.3. The van der Waals surface area contributed by atoms with Crippen LogP contribution in [-0.2, 0) is 16.4 Å². The van der Waals surface area contributed by atoms with Crippen molar-refractivity contribution in [2.75, 3.05) is 5.75 Å². The molecule has 0 saturated carbocycles. The highest BCUT2D eigenvalue weighted by atomic mass is 35.5. The van der Waals surface area contributed by atoms with Crippen LogP contribution < -0.4 is 5.73 Å². The first kappa shape index (κ1) is 12.9. The lowest BCUT2D eigenvalue weighted by atomic mass is 10.5. The van der Waals surface area contributed by atoms with Crippen LogP contribution in [0.2, 0.25) is 0 Å². The molecule has 13 heavy (non-hydrogen) atoms. The van der Waals surface area contributed by atoms with E-state index < -0.39 is 9.84 Å². The van der Waals surface area contributed by atoms with Crippen LogP contribution in [0.3, 0.4) is 0 Å². The predicted molar refractivity (Wildman–Crippen MR) is 57.2 cm³/mol. The second-order valence-corrected chi connectivity index (χ2v) is 6.00. The summed E-state index contributed by atoms with van der Waals surface area (Å²) in [5, 5.41) is 0. The molecule has 0 aromatic carbocycles. The lowest BCUT2D eigenvalue weighted by molar-refractivity contribution is 0.599. The third-order valence-electron chi connectivity index (χ3n) is 1.52. The molecular formula is C7H12ClNO2S2. The second kappa shape index (κ2) is 4.95. The van der Waals surface area contributed by atoms with Gasteiger partial charge in [0.05, 0.1) is 5.75 Å². The summed E-state index contributed by atoms with van der Waals surface area (Å²) in [4.78, 5) is 0.905. The number of halogens is 1. The zero-order valence-corrected chi connectivity index (χ0v) is 9.64. The molecule has 1 rings (SSSR count). The van der Waals surface area contributed by atoms with Crippen LogP contribution in [0.4, 0.5) is 0 Å². The Bertz CT molecular complexity index is 358. The summed E-state index contributed by atoms with van der Waals surface area (Å²) in [7, 11) is -3.02. The molecule has 1 aromatic rings. The summed E-state index contributed by atoms with van der Waals surface area (Å²) in [6.45, 7) is 2.04. The molecule has 0 aliphatic heterocycles. The minimum atomic E-state index is -3.02. The normalized spacial score (nSPS) is 10.9. The Morgan fingerprint density at radius 2 is 2.08 bits per heavy atom. The summed E-state index contributed by atoms with van der Waals surface area (Å²) < 4.78 is 23.0. The zero-order valence-electron chi connectivity index (χ0n) is 7.19. The number of nitrogens with two attached hydrogens (primary N) is 1. The Kier molecular flexibility index (Phi) is 4.91. The molecule has 0 atom stereocenters. The van der Waals surface area contributed by atoms with E-state index in [4.69, 9.17) is 5.73 Å². The number of thiophene rings is 1. The van der Waals surface area contributed by atoms with E-state index in [9.17, 15) is 8.42 Å². The second-order valence-electron chi connectivity index (χ2n) is 2.33. The van der Waals surface area contributed by atoms with Gasteiger partial charge in [-0.3, -0.25) is 0 Å². The van der Waals surface area contributed by atoms with Gasteiger partial charge < -0.3 is 5.73 Å². The van der Waals surface area contributed by atoms with Crippen LogP contribution in [0.5, 0.6) is 0 Å². The molecule has 0 radical (unpaired) electrons. The molecule has 0 spiro atoms. The average molecular weight is 242 g/mol. The lowest BCUT2D eigenvalue weighted by Crippen LogP contribution is -2.00. The fourth-order valence-corrected chi connectivity index (χ4v) is 3.13. The van der Waals surface area contributed by atoms with Gasteiger partial charge in [-0.25, -0.2) is 8.42 Å². The van der Waals surface area contributed by atoms with Crippen LogP contribution in [0.25, 0.3) is 0 Å². The Morgan fingerprint density at radius 3 is 2.46 bits per heavy atom. The van der Waals surface area contributed by atoms with Gasteiger partial charge in [0.2, 0.25) is 0 Å². The highest BCUT2D eigenvalue weighted by Crippen LogP contribution is 2.21. The molecular weight excluding hydrogens is 230 g/mol. The van der Waals surface area contributed by atoms with Crippen molar-refractivity contribution in [3.63, 3.8) is 0 Å². The van der Waals surface area contributed by atoms with E-state index in [0.717, 1.165) is 4.88 Å². The minimum absolute atomic E-state index is 0. The van der Waals surface area contributed by atoms with E-state index >= 15 is 0 Å². The van der Waals surface area contributed by atoms with Crippen molar-refractivity contribution < 1.29 is 8.42 Å². The summed E-state index contributed by atoms with van der Waals surface area (Å²) >= 11 is 1.25. The molecule has 1 aromatic heterocycles. The maximum Gasteiger partial charge on any atom is 0.187 e. The van der Waals surface area contributed by atoms with E-state index in [1.165, 1.54) is 11.3 Å². The van der Waals surface area contributed by atoms with Gasteiger partial charge in [-0.1, -0.05) is 6.92 Å². The highest BCUT2D eigenvalue weighted by Gasteiger charge is 2.13. The van der Waals surface area contributed by atoms with Gasteiger partial charge in [0.1, 0.15) is 4.21 Å². The van der Waals surface area contributed by atoms with Crippen molar-refractivity contribution in [1.82, 2.24) is 0 Å². The van der Waals surface area contributed by atoms with Crippen molar-refractivity contribution in [2.24, 2.45) is 5.73 Å². The maximum atomic E-state index is 11.3. The lowest BCUT2D eigenvalue weighted by Gasteiger charge is -1.93. The van der Waals surface area contributed by atoms with Gasteiger partial charge in [-0.15, -0.1) is 23.7 Å². The average Bonchev–Trinajstić information content (AvgIpc) is 2.52. The molecule has 6 heteroatoms. The Hall–Kier alpha value is -0.100. The molecule has 0 amide bonds. The predicted octanol–water partition coefficient (Wildman–Crippen LogP) is 1.42. The zero-order chi connectivity index (χ0) is 9.19. The standard InChI is InChI=1S/C7H11NO2S2.ClH/c1-2-12(9,10)7-4-3-6(5-8)11-7;/h3-4H,2,5,8H2,1H3;1H. The van der Waals surface area contributed by atoms with Crippen molar-refractivity contribution >= 4 is 33.6 Å². The van der Waals surface area contributed by atoms with Gasteiger partial charge in [-0.05, 0) is 12.1 Å². The Labute approximate surface area is 88.3 Å². The van der Waals surface area contributed by atoms with Gasteiger partial charge in [-0.2, -0.15) is 0 Å². The molecule has 3 nitrogen and oxygen atoms in total. The van der Waals surface area contributed by atoms with Crippen molar-refractivity contribution in [1.29, 1.82) is 0 Å². The topological polar surface area (TPSA) is 60.2 Å². The fourth-order valence-electron chi connectivity index (χ4n) is 0.777. The van der Waals surface area contributed by atoms with E-state index in [2.05, 4.69) is 0 Å². The first-order valence-corrected chi connectivity index (χ1v) is 6.08. The van der Waals surface area contributed by atoms with E-state index in [1.807, 2.05) is 0 Å². The van der Waals surface area contributed by atoms with Crippen molar-refractivity contribution in [3.05, 3.63) is 17.0 Å². The molecule has 0 fully saturated rings. The summed E-state index contributed by atoms with van der Waals surface area (Å²) in [5.41, 5.74) is 5.36. The summed E-state index contributed by atoms with van der Waals surface area (Å²) in [5.74, 6) is 0.150. The number of sulfone groups is 1. The third kappa shape index (κ3) is 2.95. The van der Waals surface area contributed by atoms with Gasteiger partial charge in [0.15, 0.2) is 9.84 Å². The van der Waals surface area contributed by atoms with Gasteiger partial charge >= 0.3 is 0 Å². The molecule has 0 unspecified atom stereocenters. The molecule has 0 aliphatic carbocycles. The third-order valence-corrected chi connectivity index (χ3v) is 4.95. The number of hydrogen-bond donors (Lipinski definition) is 1. The largest absolute Gasteiger partial charge is 0.326 e. The first-order chi connectivity index (χ1) is 5.60. The summed E-state index contributed by atoms with van der Waals surface area (Å²) in [6, 6.07) is 3.37. The Balaban J connectivity index is 0.00000144. The quantitative estimate of drug-likeness (QED) is 0.871. The van der Waals surface area contributed by atoms with Gasteiger partial charge in [0.25, 0.3) is 0 Å². The highest BCUT2D eigenvalue weighted by molar-refractivity contribution is 7.93. The van der Waals surface area contributed by atoms with E-state index in [0.29, 0.717) is 10.8 Å². The minimum Gasteiger partial charge on any atom is -0.326 e. The first-order valence-electron chi connectivity index (χ1n) is 3.61. The van der Waals surface area contributed by atoms with E-state index in [-0.39, 0.29) is 18.2 Å². The van der Waals surface area contributed by atoms with Crippen LogP contribution in [0, 0.1) is 0 Å².